The lowest BCUT2D eigenvalue weighted by Gasteiger charge is -2.21. The average Bonchev–Trinajstić information content (AvgIpc) is 3.32. The molecular weight excluding hydrogens is 374 g/mol. The minimum absolute atomic E-state index is 0.323. The van der Waals surface area contributed by atoms with E-state index < -0.39 is 0 Å². The van der Waals surface area contributed by atoms with Crippen LogP contribution in [0.15, 0.2) is 48.8 Å². The molecule has 1 N–H and O–H groups in total. The van der Waals surface area contributed by atoms with E-state index in [1.807, 2.05) is 40.9 Å². The fourth-order valence-corrected chi connectivity index (χ4v) is 4.21. The van der Waals surface area contributed by atoms with Crippen LogP contribution in [0.5, 0.6) is 0 Å². The first kappa shape index (κ1) is 18.5. The molecule has 0 fully saturated rings. The molecule has 152 valence electrons. The highest BCUT2D eigenvalue weighted by molar-refractivity contribution is 5.84. The van der Waals surface area contributed by atoms with Gasteiger partial charge in [0.15, 0.2) is 5.82 Å². The third-order valence-electron chi connectivity index (χ3n) is 5.58. The van der Waals surface area contributed by atoms with E-state index in [-0.39, 0.29) is 0 Å². The smallest absolute Gasteiger partial charge is 0.228 e. The second-order valence-corrected chi connectivity index (χ2v) is 7.85. The standard InChI is InChI=1S/C23H25N7/c1-4-11-30-12-10-19(28-30)25-23-24-14-17-15(2)13-18-20(21(17)26-23)22(29(3)27-18)16-8-6-5-7-9-16/h5-10,12,14-15H,4,11,13H2,1-3H3,(H,24,25,26,28)/t15-/m1/s1. The molecule has 0 bridgehead atoms. The van der Waals surface area contributed by atoms with Crippen LogP contribution in [-0.4, -0.2) is 29.5 Å². The summed E-state index contributed by atoms with van der Waals surface area (Å²) in [4.78, 5) is 9.51. The summed E-state index contributed by atoms with van der Waals surface area (Å²) in [6.45, 7) is 5.24. The Kier molecular flexibility index (Phi) is 4.58. The Morgan fingerprint density at radius 1 is 1.13 bits per heavy atom. The van der Waals surface area contributed by atoms with Gasteiger partial charge >= 0.3 is 0 Å². The van der Waals surface area contributed by atoms with Crippen molar-refractivity contribution in [2.24, 2.45) is 7.05 Å². The summed E-state index contributed by atoms with van der Waals surface area (Å²) in [7, 11) is 2.01. The van der Waals surface area contributed by atoms with Crippen molar-refractivity contribution in [2.75, 3.05) is 5.32 Å². The highest BCUT2D eigenvalue weighted by atomic mass is 15.3. The molecule has 7 nitrogen and oxygen atoms in total. The summed E-state index contributed by atoms with van der Waals surface area (Å²) in [5.41, 5.74) is 6.55. The summed E-state index contributed by atoms with van der Waals surface area (Å²) in [6, 6.07) is 12.3. The molecule has 1 aromatic carbocycles. The van der Waals surface area contributed by atoms with Crippen molar-refractivity contribution < 1.29 is 0 Å². The first-order valence-electron chi connectivity index (χ1n) is 10.4. The largest absolute Gasteiger partial charge is 0.307 e. The number of nitrogens with one attached hydrogen (secondary N) is 1. The van der Waals surface area contributed by atoms with E-state index in [1.54, 1.807) is 0 Å². The topological polar surface area (TPSA) is 73.5 Å². The van der Waals surface area contributed by atoms with Crippen molar-refractivity contribution in [3.63, 3.8) is 0 Å². The van der Waals surface area contributed by atoms with Crippen LogP contribution in [0.3, 0.4) is 0 Å². The SMILES string of the molecule is CCCn1ccc(Nc2ncc3c(n2)-c2c(nn(C)c2-c2ccccc2)C[C@H]3C)n1. The van der Waals surface area contributed by atoms with Crippen LogP contribution in [0.1, 0.15) is 37.4 Å². The van der Waals surface area contributed by atoms with E-state index in [0.29, 0.717) is 11.9 Å². The lowest BCUT2D eigenvalue weighted by molar-refractivity contribution is 0.604. The van der Waals surface area contributed by atoms with Crippen molar-refractivity contribution in [2.45, 2.75) is 39.2 Å². The van der Waals surface area contributed by atoms with Gasteiger partial charge in [0, 0.05) is 48.7 Å². The number of rotatable bonds is 5. The molecule has 1 aliphatic rings. The molecule has 4 aromatic rings. The normalized spacial score (nSPS) is 15.0. The Bertz CT molecular complexity index is 1190. The molecule has 1 atom stereocenters. The maximum absolute atomic E-state index is 4.93. The molecule has 0 spiro atoms. The number of fused-ring (bicyclic) bond motifs is 3. The van der Waals surface area contributed by atoms with Crippen molar-refractivity contribution in [1.29, 1.82) is 0 Å². The lowest BCUT2D eigenvalue weighted by Crippen LogP contribution is -2.12. The maximum Gasteiger partial charge on any atom is 0.228 e. The Balaban J connectivity index is 1.59. The predicted molar refractivity (Wildman–Crippen MR) is 118 cm³/mol. The van der Waals surface area contributed by atoms with E-state index in [4.69, 9.17) is 10.1 Å². The highest BCUT2D eigenvalue weighted by Gasteiger charge is 2.30. The number of benzene rings is 1. The fourth-order valence-electron chi connectivity index (χ4n) is 4.21. The molecule has 0 unspecified atom stereocenters. The predicted octanol–water partition coefficient (Wildman–Crippen LogP) is 4.55. The van der Waals surface area contributed by atoms with E-state index >= 15 is 0 Å². The average molecular weight is 400 g/mol. The van der Waals surface area contributed by atoms with Crippen molar-refractivity contribution >= 4 is 11.8 Å². The fraction of sp³-hybridized carbons (Fsp3) is 0.304. The van der Waals surface area contributed by atoms with Crippen LogP contribution in [-0.2, 0) is 20.0 Å². The summed E-state index contributed by atoms with van der Waals surface area (Å²) in [5, 5.41) is 12.6. The van der Waals surface area contributed by atoms with Gasteiger partial charge < -0.3 is 5.32 Å². The van der Waals surface area contributed by atoms with Crippen LogP contribution < -0.4 is 5.32 Å². The minimum Gasteiger partial charge on any atom is -0.307 e. The Hall–Kier alpha value is -3.48. The maximum atomic E-state index is 4.93. The van der Waals surface area contributed by atoms with Gasteiger partial charge in [0.05, 0.1) is 17.1 Å². The van der Waals surface area contributed by atoms with Gasteiger partial charge in [-0.25, -0.2) is 9.97 Å². The molecule has 0 aliphatic heterocycles. The van der Waals surface area contributed by atoms with Gasteiger partial charge in [-0.1, -0.05) is 44.2 Å². The number of aromatic nitrogens is 6. The molecule has 0 radical (unpaired) electrons. The Morgan fingerprint density at radius 3 is 2.77 bits per heavy atom. The van der Waals surface area contributed by atoms with Crippen molar-refractivity contribution in [3.05, 3.63) is 60.0 Å². The second-order valence-electron chi connectivity index (χ2n) is 7.85. The summed E-state index contributed by atoms with van der Waals surface area (Å²) < 4.78 is 3.90. The third-order valence-corrected chi connectivity index (χ3v) is 5.58. The number of nitrogens with zero attached hydrogens (tertiary/aromatic N) is 6. The van der Waals surface area contributed by atoms with E-state index in [1.165, 1.54) is 0 Å². The zero-order valence-corrected chi connectivity index (χ0v) is 17.5. The number of aryl methyl sites for hydroxylation is 2. The van der Waals surface area contributed by atoms with E-state index in [9.17, 15) is 0 Å². The van der Waals surface area contributed by atoms with Gasteiger partial charge in [-0.3, -0.25) is 9.36 Å². The van der Waals surface area contributed by atoms with Gasteiger partial charge in [-0.15, -0.1) is 0 Å². The Morgan fingerprint density at radius 2 is 1.97 bits per heavy atom. The molecule has 0 saturated heterocycles. The minimum atomic E-state index is 0.323. The van der Waals surface area contributed by atoms with Crippen LogP contribution in [0.25, 0.3) is 22.5 Å². The molecule has 5 rings (SSSR count). The molecule has 7 heteroatoms. The molecule has 3 aromatic heterocycles. The molecular formula is C23H25N7. The highest BCUT2D eigenvalue weighted by Crippen LogP contribution is 2.43. The number of anilines is 2. The molecule has 0 amide bonds. The Labute approximate surface area is 175 Å². The summed E-state index contributed by atoms with van der Waals surface area (Å²) in [6.07, 6.45) is 5.85. The zero-order chi connectivity index (χ0) is 20.7. The van der Waals surface area contributed by atoms with Crippen LogP contribution >= 0.6 is 0 Å². The zero-order valence-electron chi connectivity index (χ0n) is 17.5. The number of hydrogen-bond acceptors (Lipinski definition) is 5. The van der Waals surface area contributed by atoms with E-state index in [2.05, 4.69) is 53.5 Å². The summed E-state index contributed by atoms with van der Waals surface area (Å²) >= 11 is 0. The van der Waals surface area contributed by atoms with Gasteiger partial charge in [0.25, 0.3) is 0 Å². The number of hydrogen-bond donors (Lipinski definition) is 1. The quantitative estimate of drug-likeness (QED) is 0.533. The monoisotopic (exact) mass is 399 g/mol. The van der Waals surface area contributed by atoms with Gasteiger partial charge in [0.1, 0.15) is 0 Å². The van der Waals surface area contributed by atoms with Crippen molar-refractivity contribution in [3.8, 4) is 22.5 Å². The van der Waals surface area contributed by atoms with Crippen LogP contribution in [0, 0.1) is 0 Å². The first-order valence-corrected chi connectivity index (χ1v) is 10.4. The molecule has 0 saturated carbocycles. The molecule has 3 heterocycles. The molecule has 30 heavy (non-hydrogen) atoms. The van der Waals surface area contributed by atoms with Gasteiger partial charge in [-0.05, 0) is 18.8 Å². The first-order chi connectivity index (χ1) is 14.6. The van der Waals surface area contributed by atoms with Gasteiger partial charge in [0.2, 0.25) is 5.95 Å². The van der Waals surface area contributed by atoms with Gasteiger partial charge in [-0.2, -0.15) is 10.2 Å². The second kappa shape index (κ2) is 7.40. The third kappa shape index (κ3) is 3.16. The molecule has 1 aliphatic carbocycles. The van der Waals surface area contributed by atoms with Crippen LogP contribution in [0.2, 0.25) is 0 Å². The van der Waals surface area contributed by atoms with Crippen LogP contribution in [0.4, 0.5) is 11.8 Å². The van der Waals surface area contributed by atoms with Crippen molar-refractivity contribution in [1.82, 2.24) is 29.5 Å². The van der Waals surface area contributed by atoms with E-state index in [0.717, 1.165) is 59.0 Å². The lowest BCUT2D eigenvalue weighted by atomic mass is 9.85. The summed E-state index contributed by atoms with van der Waals surface area (Å²) in [5.74, 6) is 1.63.